The van der Waals surface area contributed by atoms with Crippen molar-refractivity contribution in [3.8, 4) is 5.75 Å². The summed E-state index contributed by atoms with van der Waals surface area (Å²) in [7, 11) is 3.41. The molecule has 0 aliphatic carbocycles. The summed E-state index contributed by atoms with van der Waals surface area (Å²) in [6.45, 7) is 0. The van der Waals surface area contributed by atoms with Gasteiger partial charge in [0.05, 0.1) is 7.11 Å². The van der Waals surface area contributed by atoms with E-state index in [-0.39, 0.29) is 5.91 Å². The molecule has 106 valence electrons. The molecule has 1 N–H and O–H groups in total. The normalized spacial score (nSPS) is 10.6. The number of benzene rings is 2. The average molecular weight is 281 g/mol. The van der Waals surface area contributed by atoms with Gasteiger partial charge in [0.2, 0.25) is 0 Å². The highest BCUT2D eigenvalue weighted by Gasteiger charge is 2.12. The lowest BCUT2D eigenvalue weighted by atomic mass is 10.1. The molecule has 5 nitrogen and oxygen atoms in total. The number of hydrogen-bond donors (Lipinski definition) is 1. The minimum atomic E-state index is -0.231. The number of nitrogens with zero attached hydrogens (tertiary/aromatic N) is 2. The first-order valence-electron chi connectivity index (χ1n) is 6.56. The van der Waals surface area contributed by atoms with Gasteiger partial charge < -0.3 is 10.1 Å². The lowest BCUT2D eigenvalue weighted by Crippen LogP contribution is -2.13. The largest absolute Gasteiger partial charge is 0.496 e. The van der Waals surface area contributed by atoms with Gasteiger partial charge in [-0.25, -0.2) is 0 Å². The van der Waals surface area contributed by atoms with Crippen molar-refractivity contribution in [3.63, 3.8) is 0 Å². The van der Waals surface area contributed by atoms with Crippen LogP contribution in [0.4, 0.5) is 5.69 Å². The van der Waals surface area contributed by atoms with Crippen molar-refractivity contribution in [1.29, 1.82) is 0 Å². The Morgan fingerprint density at radius 3 is 2.57 bits per heavy atom. The quantitative estimate of drug-likeness (QED) is 0.803. The number of anilines is 1. The van der Waals surface area contributed by atoms with E-state index in [1.807, 2.05) is 36.4 Å². The Morgan fingerprint density at radius 2 is 1.90 bits per heavy atom. The Labute approximate surface area is 122 Å². The fourth-order valence-electron chi connectivity index (χ4n) is 2.28. The van der Waals surface area contributed by atoms with Gasteiger partial charge in [-0.2, -0.15) is 5.10 Å². The predicted octanol–water partition coefficient (Wildman–Crippen LogP) is 2.83. The molecule has 3 aromatic rings. The maximum atomic E-state index is 12.2. The van der Waals surface area contributed by atoms with E-state index in [1.54, 1.807) is 31.1 Å². The number of carbonyl (C=O) groups excluding carboxylic acids is 1. The molecule has 0 saturated carbocycles. The maximum Gasteiger partial charge on any atom is 0.276 e. The Morgan fingerprint density at radius 1 is 1.14 bits per heavy atom. The van der Waals surface area contributed by atoms with Crippen LogP contribution in [0.2, 0.25) is 0 Å². The van der Waals surface area contributed by atoms with E-state index in [4.69, 9.17) is 4.74 Å². The second-order valence-corrected chi connectivity index (χ2v) is 4.69. The third kappa shape index (κ3) is 2.45. The van der Waals surface area contributed by atoms with E-state index in [0.717, 1.165) is 22.2 Å². The highest BCUT2D eigenvalue weighted by Crippen LogP contribution is 2.31. The minimum Gasteiger partial charge on any atom is -0.496 e. The molecule has 1 amide bonds. The van der Waals surface area contributed by atoms with Gasteiger partial charge in [-0.15, -0.1) is 0 Å². The number of carbonyl (C=O) groups is 1. The van der Waals surface area contributed by atoms with E-state index in [0.29, 0.717) is 5.69 Å². The Bertz CT molecular complexity index is 808. The van der Waals surface area contributed by atoms with Crippen LogP contribution in [-0.4, -0.2) is 22.8 Å². The fraction of sp³-hybridized carbons (Fsp3) is 0.125. The molecule has 0 saturated heterocycles. The number of amides is 1. The van der Waals surface area contributed by atoms with Gasteiger partial charge in [-0.05, 0) is 18.2 Å². The van der Waals surface area contributed by atoms with Crippen molar-refractivity contribution in [2.24, 2.45) is 7.05 Å². The first-order chi connectivity index (χ1) is 10.2. The van der Waals surface area contributed by atoms with Crippen LogP contribution in [0.5, 0.6) is 5.75 Å². The number of aryl methyl sites for hydroxylation is 1. The van der Waals surface area contributed by atoms with Crippen LogP contribution in [0.1, 0.15) is 10.5 Å². The molecule has 21 heavy (non-hydrogen) atoms. The highest BCUT2D eigenvalue weighted by atomic mass is 16.5. The zero-order valence-electron chi connectivity index (χ0n) is 11.8. The van der Waals surface area contributed by atoms with Crippen molar-refractivity contribution < 1.29 is 9.53 Å². The fourth-order valence-corrected chi connectivity index (χ4v) is 2.28. The van der Waals surface area contributed by atoms with Crippen LogP contribution >= 0.6 is 0 Å². The molecule has 0 aliphatic heterocycles. The molecule has 3 rings (SSSR count). The zero-order valence-corrected chi connectivity index (χ0v) is 11.8. The molecule has 5 heteroatoms. The molecule has 0 radical (unpaired) electrons. The van der Waals surface area contributed by atoms with E-state index in [9.17, 15) is 4.79 Å². The van der Waals surface area contributed by atoms with E-state index < -0.39 is 0 Å². The van der Waals surface area contributed by atoms with Crippen LogP contribution in [-0.2, 0) is 7.05 Å². The molecule has 0 bridgehead atoms. The highest BCUT2D eigenvalue weighted by molar-refractivity contribution is 6.09. The van der Waals surface area contributed by atoms with Crippen molar-refractivity contribution in [2.45, 2.75) is 0 Å². The van der Waals surface area contributed by atoms with Gasteiger partial charge in [0.15, 0.2) is 5.69 Å². The van der Waals surface area contributed by atoms with E-state index in [2.05, 4.69) is 10.4 Å². The second-order valence-electron chi connectivity index (χ2n) is 4.69. The number of aromatic nitrogens is 2. The second kappa shape index (κ2) is 5.28. The summed E-state index contributed by atoms with van der Waals surface area (Å²) < 4.78 is 6.95. The summed E-state index contributed by atoms with van der Waals surface area (Å²) in [5.74, 6) is 0.548. The number of fused-ring (bicyclic) bond motifs is 1. The molecule has 0 fully saturated rings. The van der Waals surface area contributed by atoms with Crippen LogP contribution in [0.3, 0.4) is 0 Å². The van der Waals surface area contributed by atoms with Gasteiger partial charge in [0.25, 0.3) is 5.91 Å². The smallest absolute Gasteiger partial charge is 0.276 e. The first-order valence-corrected chi connectivity index (χ1v) is 6.56. The summed E-state index contributed by atoms with van der Waals surface area (Å²) in [4.78, 5) is 12.2. The van der Waals surface area contributed by atoms with Crippen molar-refractivity contribution in [2.75, 3.05) is 12.4 Å². The number of hydrogen-bond acceptors (Lipinski definition) is 3. The standard InChI is InChI=1S/C16H15N3O2/c1-19-10-9-14(18-19)16(20)17-13-7-8-15(21-2)12-6-4-3-5-11(12)13/h3-10H,1-2H3,(H,17,20). The van der Waals surface area contributed by atoms with Crippen molar-refractivity contribution >= 4 is 22.4 Å². The summed E-state index contributed by atoms with van der Waals surface area (Å²) in [5, 5.41) is 8.88. The molecular formula is C16H15N3O2. The molecule has 0 spiro atoms. The molecule has 0 aliphatic rings. The van der Waals surface area contributed by atoms with Crippen molar-refractivity contribution in [3.05, 3.63) is 54.4 Å². The minimum absolute atomic E-state index is 0.231. The topological polar surface area (TPSA) is 56.1 Å². The molecule has 1 heterocycles. The van der Waals surface area contributed by atoms with Crippen LogP contribution in [0.15, 0.2) is 48.7 Å². The number of nitrogens with one attached hydrogen (secondary N) is 1. The zero-order chi connectivity index (χ0) is 14.8. The van der Waals surface area contributed by atoms with Gasteiger partial charge >= 0.3 is 0 Å². The van der Waals surface area contributed by atoms with Gasteiger partial charge in [-0.3, -0.25) is 9.48 Å². The summed E-state index contributed by atoms with van der Waals surface area (Å²) >= 11 is 0. The van der Waals surface area contributed by atoms with Crippen molar-refractivity contribution in [1.82, 2.24) is 9.78 Å². The Hall–Kier alpha value is -2.82. The lowest BCUT2D eigenvalue weighted by molar-refractivity contribution is 0.102. The number of methoxy groups -OCH3 is 1. The van der Waals surface area contributed by atoms with Crippen LogP contribution < -0.4 is 10.1 Å². The van der Waals surface area contributed by atoms with Gasteiger partial charge in [0.1, 0.15) is 5.75 Å². The van der Waals surface area contributed by atoms with E-state index in [1.165, 1.54) is 0 Å². The summed E-state index contributed by atoms with van der Waals surface area (Å²) in [6, 6.07) is 13.1. The third-order valence-electron chi connectivity index (χ3n) is 3.30. The average Bonchev–Trinajstić information content (AvgIpc) is 2.94. The van der Waals surface area contributed by atoms with Gasteiger partial charge in [-0.1, -0.05) is 24.3 Å². The Kier molecular flexibility index (Phi) is 3.31. The Balaban J connectivity index is 1.99. The van der Waals surface area contributed by atoms with E-state index >= 15 is 0 Å². The molecule has 0 unspecified atom stereocenters. The number of ether oxygens (including phenoxy) is 1. The number of rotatable bonds is 3. The lowest BCUT2D eigenvalue weighted by Gasteiger charge is -2.11. The monoisotopic (exact) mass is 281 g/mol. The van der Waals surface area contributed by atoms with Crippen LogP contribution in [0.25, 0.3) is 10.8 Å². The van der Waals surface area contributed by atoms with Gasteiger partial charge in [0, 0.05) is 29.7 Å². The summed E-state index contributed by atoms with van der Waals surface area (Å²) in [5.41, 5.74) is 1.12. The maximum absolute atomic E-state index is 12.2. The molecule has 2 aromatic carbocycles. The summed E-state index contributed by atoms with van der Waals surface area (Å²) in [6.07, 6.45) is 1.74. The first kappa shape index (κ1) is 13.2. The predicted molar refractivity (Wildman–Crippen MR) is 81.7 cm³/mol. The molecule has 1 aromatic heterocycles. The SMILES string of the molecule is COc1ccc(NC(=O)c2ccn(C)n2)c2ccccc12. The molecule has 0 atom stereocenters. The third-order valence-corrected chi connectivity index (χ3v) is 3.30. The van der Waals surface area contributed by atoms with Crippen LogP contribution in [0, 0.1) is 0 Å². The molecular weight excluding hydrogens is 266 g/mol.